The van der Waals surface area contributed by atoms with Gasteiger partial charge in [0.15, 0.2) is 0 Å². The minimum Gasteiger partial charge on any atom is -0.481 e. The van der Waals surface area contributed by atoms with Crippen LogP contribution in [0.2, 0.25) is 0 Å². The van der Waals surface area contributed by atoms with Crippen molar-refractivity contribution in [2.45, 2.75) is 6.54 Å². The van der Waals surface area contributed by atoms with Gasteiger partial charge in [0.1, 0.15) is 5.82 Å². The van der Waals surface area contributed by atoms with Crippen LogP contribution in [0, 0.1) is 5.82 Å². The van der Waals surface area contributed by atoms with E-state index in [2.05, 4.69) is 26.2 Å². The lowest BCUT2D eigenvalue weighted by atomic mass is 10.2. The summed E-state index contributed by atoms with van der Waals surface area (Å²) >= 11 is 3.09. The summed E-state index contributed by atoms with van der Waals surface area (Å²) in [6.45, 7) is 0.502. The Hall–Kier alpha value is -1.82. The van der Waals surface area contributed by atoms with Crippen LogP contribution in [-0.2, 0) is 6.54 Å². The molecule has 0 bridgehead atoms. The molecule has 0 radical (unpaired) electrons. The maximum atomic E-state index is 13.4. The van der Waals surface area contributed by atoms with Crippen LogP contribution >= 0.6 is 15.9 Å². The molecular weight excluding hydrogens is 313 g/mol. The number of hydrogen-bond acceptors (Lipinski definition) is 4. The predicted octanol–water partition coefficient (Wildman–Crippen LogP) is 3.19. The van der Waals surface area contributed by atoms with Gasteiger partial charge in [-0.3, -0.25) is 0 Å². The van der Waals surface area contributed by atoms with E-state index in [1.54, 1.807) is 19.4 Å². The molecule has 2 aromatic rings. The lowest BCUT2D eigenvalue weighted by molar-refractivity contribution is 0.397. The van der Waals surface area contributed by atoms with Crippen molar-refractivity contribution in [2.75, 3.05) is 18.2 Å². The summed E-state index contributed by atoms with van der Waals surface area (Å²) < 4.78 is 18.7. The van der Waals surface area contributed by atoms with Crippen LogP contribution < -0.4 is 15.8 Å². The van der Waals surface area contributed by atoms with Crippen molar-refractivity contribution in [3.05, 3.63) is 46.3 Å². The van der Waals surface area contributed by atoms with Crippen LogP contribution in [0.15, 0.2) is 34.9 Å². The van der Waals surface area contributed by atoms with Gasteiger partial charge in [-0.15, -0.1) is 0 Å². The Morgan fingerprint density at radius 1 is 1.42 bits per heavy atom. The van der Waals surface area contributed by atoms with Gasteiger partial charge < -0.3 is 15.8 Å². The van der Waals surface area contributed by atoms with Gasteiger partial charge in [0.25, 0.3) is 0 Å². The molecule has 0 fully saturated rings. The number of nitrogen functional groups attached to an aromatic ring is 1. The number of nitrogens with two attached hydrogens (primary N) is 1. The highest BCUT2D eigenvalue weighted by molar-refractivity contribution is 9.10. The Labute approximate surface area is 118 Å². The predicted molar refractivity (Wildman–Crippen MR) is 76.6 cm³/mol. The zero-order valence-corrected chi connectivity index (χ0v) is 11.9. The first-order chi connectivity index (χ1) is 9.10. The number of ether oxygens (including phenoxy) is 1. The minimum absolute atomic E-state index is 0.349. The summed E-state index contributed by atoms with van der Waals surface area (Å²) in [5.41, 5.74) is 7.79. The van der Waals surface area contributed by atoms with Crippen molar-refractivity contribution < 1.29 is 9.13 Å². The SMILES string of the molecule is COc1ccc(CNc2cc(F)c(Br)cc2N)cn1. The molecule has 0 atom stereocenters. The van der Waals surface area contributed by atoms with Gasteiger partial charge in [-0.2, -0.15) is 0 Å². The van der Waals surface area contributed by atoms with Crippen molar-refractivity contribution >= 4 is 27.3 Å². The molecule has 0 amide bonds. The second-order valence-corrected chi connectivity index (χ2v) is 4.77. The molecule has 0 spiro atoms. The highest BCUT2D eigenvalue weighted by Gasteiger charge is 2.06. The van der Waals surface area contributed by atoms with Gasteiger partial charge in [0.2, 0.25) is 5.88 Å². The fourth-order valence-corrected chi connectivity index (χ4v) is 1.91. The Bertz CT molecular complexity index is 575. The number of nitrogens with one attached hydrogen (secondary N) is 1. The number of benzene rings is 1. The first kappa shape index (κ1) is 13.6. The number of anilines is 2. The molecule has 0 aliphatic carbocycles. The van der Waals surface area contributed by atoms with Crippen molar-refractivity contribution in [3.8, 4) is 5.88 Å². The second-order valence-electron chi connectivity index (χ2n) is 3.92. The van der Waals surface area contributed by atoms with E-state index in [9.17, 15) is 4.39 Å². The Balaban J connectivity index is 2.07. The molecule has 0 aliphatic heterocycles. The number of hydrogen-bond donors (Lipinski definition) is 2. The van der Waals surface area contributed by atoms with E-state index in [0.29, 0.717) is 28.3 Å². The lowest BCUT2D eigenvalue weighted by Crippen LogP contribution is -2.03. The molecule has 1 heterocycles. The third kappa shape index (κ3) is 3.35. The topological polar surface area (TPSA) is 60.2 Å². The summed E-state index contributed by atoms with van der Waals surface area (Å²) in [5, 5.41) is 3.07. The molecule has 0 saturated heterocycles. The first-order valence-corrected chi connectivity index (χ1v) is 6.36. The van der Waals surface area contributed by atoms with E-state index in [0.717, 1.165) is 5.56 Å². The summed E-state index contributed by atoms with van der Waals surface area (Å²) in [6, 6.07) is 6.53. The molecule has 2 rings (SSSR count). The number of rotatable bonds is 4. The highest BCUT2D eigenvalue weighted by Crippen LogP contribution is 2.26. The van der Waals surface area contributed by atoms with Gasteiger partial charge >= 0.3 is 0 Å². The van der Waals surface area contributed by atoms with E-state index in [-0.39, 0.29) is 5.82 Å². The third-order valence-corrected chi connectivity index (χ3v) is 3.19. The Kier molecular flexibility index (Phi) is 4.21. The largest absolute Gasteiger partial charge is 0.481 e. The highest BCUT2D eigenvalue weighted by atomic mass is 79.9. The molecule has 0 saturated carbocycles. The standard InChI is InChI=1S/C13H13BrFN3O/c1-19-13-3-2-8(7-18-13)6-17-12-5-10(15)9(14)4-11(12)16/h2-5,7,17H,6,16H2,1H3. The molecule has 6 heteroatoms. The van der Waals surface area contributed by atoms with Crippen molar-refractivity contribution in [1.29, 1.82) is 0 Å². The molecule has 100 valence electrons. The number of methoxy groups -OCH3 is 1. The van der Waals surface area contributed by atoms with Crippen LogP contribution in [0.25, 0.3) is 0 Å². The fraction of sp³-hybridized carbons (Fsp3) is 0.154. The van der Waals surface area contributed by atoms with Gasteiger partial charge in [-0.05, 0) is 27.6 Å². The smallest absolute Gasteiger partial charge is 0.212 e. The van der Waals surface area contributed by atoms with Crippen LogP contribution in [0.4, 0.5) is 15.8 Å². The summed E-state index contributed by atoms with van der Waals surface area (Å²) in [6.07, 6.45) is 1.69. The van der Waals surface area contributed by atoms with Crippen molar-refractivity contribution in [3.63, 3.8) is 0 Å². The van der Waals surface area contributed by atoms with Crippen LogP contribution in [-0.4, -0.2) is 12.1 Å². The average Bonchev–Trinajstić information content (AvgIpc) is 2.42. The molecule has 0 unspecified atom stereocenters. The van der Waals surface area contributed by atoms with Crippen LogP contribution in [0.1, 0.15) is 5.56 Å². The number of halogens is 2. The average molecular weight is 326 g/mol. The van der Waals surface area contributed by atoms with Crippen LogP contribution in [0.5, 0.6) is 5.88 Å². The van der Waals surface area contributed by atoms with E-state index < -0.39 is 0 Å². The number of aromatic nitrogens is 1. The maximum absolute atomic E-state index is 13.4. The van der Waals surface area contributed by atoms with Gasteiger partial charge in [0.05, 0.1) is 23.0 Å². The van der Waals surface area contributed by atoms with Crippen molar-refractivity contribution in [1.82, 2.24) is 4.98 Å². The quantitative estimate of drug-likeness (QED) is 0.847. The zero-order chi connectivity index (χ0) is 13.8. The van der Waals surface area contributed by atoms with Crippen LogP contribution in [0.3, 0.4) is 0 Å². The summed E-state index contributed by atoms with van der Waals surface area (Å²) in [4.78, 5) is 4.09. The molecule has 0 aliphatic rings. The minimum atomic E-state index is -0.357. The van der Waals surface area contributed by atoms with E-state index in [1.165, 1.54) is 12.1 Å². The first-order valence-electron chi connectivity index (χ1n) is 5.57. The van der Waals surface area contributed by atoms with E-state index in [1.807, 2.05) is 6.07 Å². The second kappa shape index (κ2) is 5.88. The lowest BCUT2D eigenvalue weighted by Gasteiger charge is -2.10. The molecule has 1 aromatic carbocycles. The normalized spacial score (nSPS) is 10.3. The maximum Gasteiger partial charge on any atom is 0.212 e. The monoisotopic (exact) mass is 325 g/mol. The van der Waals surface area contributed by atoms with Gasteiger partial charge in [-0.1, -0.05) is 6.07 Å². The summed E-state index contributed by atoms with van der Waals surface area (Å²) in [5.74, 6) is 0.197. The molecular formula is C13H13BrFN3O. The van der Waals surface area contributed by atoms with Gasteiger partial charge in [-0.25, -0.2) is 9.37 Å². The van der Waals surface area contributed by atoms with Crippen molar-refractivity contribution in [2.24, 2.45) is 0 Å². The number of nitrogens with zero attached hydrogens (tertiary/aromatic N) is 1. The Morgan fingerprint density at radius 2 is 2.21 bits per heavy atom. The Morgan fingerprint density at radius 3 is 2.84 bits per heavy atom. The van der Waals surface area contributed by atoms with E-state index in [4.69, 9.17) is 10.5 Å². The molecule has 19 heavy (non-hydrogen) atoms. The third-order valence-electron chi connectivity index (χ3n) is 2.58. The molecule has 1 aromatic heterocycles. The summed E-state index contributed by atoms with van der Waals surface area (Å²) in [7, 11) is 1.56. The number of pyridine rings is 1. The molecule has 3 N–H and O–H groups in total. The zero-order valence-electron chi connectivity index (χ0n) is 10.3. The fourth-order valence-electron chi connectivity index (χ4n) is 1.55. The van der Waals surface area contributed by atoms with Gasteiger partial charge in [0, 0.05) is 24.9 Å². The molecule has 4 nitrogen and oxygen atoms in total. The van der Waals surface area contributed by atoms with E-state index >= 15 is 0 Å².